The van der Waals surface area contributed by atoms with Gasteiger partial charge < -0.3 is 4.57 Å². The van der Waals surface area contributed by atoms with E-state index in [1.165, 1.54) is 17.7 Å². The Labute approximate surface area is 164 Å². The summed E-state index contributed by atoms with van der Waals surface area (Å²) in [7, 11) is -3.01. The van der Waals surface area contributed by atoms with Crippen LogP contribution in [0.2, 0.25) is 0 Å². The summed E-state index contributed by atoms with van der Waals surface area (Å²) in [5.41, 5.74) is 0.255. The Hall–Kier alpha value is -2.84. The van der Waals surface area contributed by atoms with E-state index >= 15 is 0 Å². The second-order valence-corrected chi connectivity index (χ2v) is 10.8. The van der Waals surface area contributed by atoms with E-state index in [1.807, 2.05) is 6.07 Å². The predicted molar refractivity (Wildman–Crippen MR) is 102 cm³/mol. The number of nitriles is 1. The summed E-state index contributed by atoms with van der Waals surface area (Å²) < 4.78 is 65.1. The maximum absolute atomic E-state index is 13.2. The normalized spacial score (nSPS) is 13.8. The van der Waals surface area contributed by atoms with Crippen LogP contribution in [0.25, 0.3) is 22.6 Å². The molecule has 0 atom stereocenters. The molecule has 7 nitrogen and oxygen atoms in total. The zero-order valence-corrected chi connectivity index (χ0v) is 16.7. The Balaban J connectivity index is 2.32. The van der Waals surface area contributed by atoms with Crippen molar-refractivity contribution < 1.29 is 21.9 Å². The van der Waals surface area contributed by atoms with Crippen LogP contribution in [-0.4, -0.2) is 40.3 Å². The summed E-state index contributed by atoms with van der Waals surface area (Å²) >= 11 is 0. The molecular formula is C18H18F3N5O2S. The van der Waals surface area contributed by atoms with E-state index in [0.717, 1.165) is 6.26 Å². The number of alkyl halides is 3. The van der Waals surface area contributed by atoms with Crippen molar-refractivity contribution in [2.45, 2.75) is 24.4 Å². The first-order valence-corrected chi connectivity index (χ1v) is 11.0. The van der Waals surface area contributed by atoms with Crippen LogP contribution in [0.1, 0.15) is 18.2 Å². The van der Waals surface area contributed by atoms with Crippen LogP contribution in [-0.2, 0) is 29.0 Å². The molecule has 3 aromatic rings. The number of fused-ring (bicyclic) bond motifs is 1. The Morgan fingerprint density at radius 2 is 1.97 bits per heavy atom. The zero-order valence-electron chi connectivity index (χ0n) is 15.9. The first kappa shape index (κ1) is 20.9. The number of imidazole rings is 1. The van der Waals surface area contributed by atoms with Crippen molar-refractivity contribution in [3.8, 4) is 17.6 Å². The first-order chi connectivity index (χ1) is 13.4. The van der Waals surface area contributed by atoms with Gasteiger partial charge in [-0.2, -0.15) is 27.8 Å². The molecule has 0 fully saturated rings. The largest absolute Gasteiger partial charge is 0.417 e. The lowest BCUT2D eigenvalue weighted by molar-refractivity contribution is -0.138. The average molecular weight is 425 g/mol. The molecule has 3 heterocycles. The van der Waals surface area contributed by atoms with E-state index in [2.05, 4.69) is 15.0 Å². The topological polar surface area (TPSA) is 105 Å². The van der Waals surface area contributed by atoms with Crippen LogP contribution in [0.5, 0.6) is 0 Å². The zero-order chi connectivity index (χ0) is 21.6. The first-order valence-electron chi connectivity index (χ1n) is 8.49. The number of hydrogen-bond donors (Lipinski definition) is 1. The Morgan fingerprint density at radius 1 is 1.28 bits per heavy atom. The molecule has 3 aromatic heterocycles. The van der Waals surface area contributed by atoms with Gasteiger partial charge in [-0.1, -0.05) is 0 Å². The maximum Gasteiger partial charge on any atom is 0.417 e. The van der Waals surface area contributed by atoms with Gasteiger partial charge in [0.1, 0.15) is 5.69 Å². The lowest BCUT2D eigenvalue weighted by atomic mass is 10.2. The lowest BCUT2D eigenvalue weighted by Crippen LogP contribution is -2.34. The van der Waals surface area contributed by atoms with Crippen molar-refractivity contribution in [3.05, 3.63) is 35.8 Å². The molecule has 11 heteroatoms. The molecule has 0 unspecified atom stereocenters. The summed E-state index contributed by atoms with van der Waals surface area (Å²) in [4.78, 5) is 12.0. The van der Waals surface area contributed by atoms with Crippen molar-refractivity contribution >= 4 is 20.4 Å². The standard InChI is InChI=1S/C18H18F3N5O2S/c1-4-29(3,27,28)15-7-11(18(19,20)21)9-24-16(15)17-25-13-8-12(5-6-22)23-10-14(13)26(17)2/h7-10H,4-5H2,1-3H3,(H,27,28). The van der Waals surface area contributed by atoms with E-state index in [9.17, 15) is 21.9 Å². The fourth-order valence-corrected chi connectivity index (χ4v) is 4.22. The minimum absolute atomic E-state index is 0.0726. The molecule has 0 bridgehead atoms. The third-order valence-electron chi connectivity index (χ3n) is 4.72. The summed E-state index contributed by atoms with van der Waals surface area (Å²) in [6.07, 6.45) is -1.51. The molecule has 3 rings (SSSR count). The fraction of sp³-hybridized carbons (Fsp3) is 0.333. The molecule has 0 saturated heterocycles. The van der Waals surface area contributed by atoms with Gasteiger partial charge in [-0.15, -0.1) is 0 Å². The lowest BCUT2D eigenvalue weighted by Gasteiger charge is -2.38. The highest BCUT2D eigenvalue weighted by Gasteiger charge is 2.36. The summed E-state index contributed by atoms with van der Waals surface area (Å²) in [5.74, 6) is -0.159. The Kier molecular flexibility index (Phi) is 4.76. The molecule has 0 aliphatic rings. The van der Waals surface area contributed by atoms with Gasteiger partial charge in [0.15, 0.2) is 5.82 Å². The van der Waals surface area contributed by atoms with Gasteiger partial charge in [-0.25, -0.2) is 9.19 Å². The number of aromatic nitrogens is 4. The van der Waals surface area contributed by atoms with Gasteiger partial charge in [0.25, 0.3) is 0 Å². The number of aryl methyl sites for hydroxylation is 1. The highest BCUT2D eigenvalue weighted by atomic mass is 32.3. The summed E-state index contributed by atoms with van der Waals surface area (Å²) in [5, 5.41) is 8.83. The van der Waals surface area contributed by atoms with Gasteiger partial charge in [-0.05, 0) is 19.1 Å². The highest BCUT2D eigenvalue weighted by molar-refractivity contribution is 8.14. The summed E-state index contributed by atoms with van der Waals surface area (Å²) in [6, 6.07) is 4.23. The number of rotatable bonds is 4. The number of pyridine rings is 2. The smallest absolute Gasteiger partial charge is 0.324 e. The van der Waals surface area contributed by atoms with Gasteiger partial charge in [0.2, 0.25) is 0 Å². The van der Waals surface area contributed by atoms with Crippen LogP contribution in [0.15, 0.2) is 29.4 Å². The fourth-order valence-electron chi connectivity index (χ4n) is 2.84. The molecule has 0 saturated carbocycles. The molecular weight excluding hydrogens is 407 g/mol. The van der Waals surface area contributed by atoms with E-state index in [1.54, 1.807) is 13.1 Å². The third kappa shape index (κ3) is 3.73. The van der Waals surface area contributed by atoms with Crippen molar-refractivity contribution in [3.63, 3.8) is 0 Å². The van der Waals surface area contributed by atoms with Crippen molar-refractivity contribution in [2.24, 2.45) is 7.05 Å². The van der Waals surface area contributed by atoms with Crippen LogP contribution in [0.4, 0.5) is 13.2 Å². The van der Waals surface area contributed by atoms with Crippen LogP contribution >= 0.6 is 0 Å². The third-order valence-corrected chi connectivity index (χ3v) is 7.52. The van der Waals surface area contributed by atoms with Gasteiger partial charge in [-0.3, -0.25) is 14.5 Å². The van der Waals surface area contributed by atoms with Crippen LogP contribution in [0, 0.1) is 11.3 Å². The van der Waals surface area contributed by atoms with Crippen molar-refractivity contribution in [2.75, 3.05) is 12.0 Å². The Morgan fingerprint density at radius 3 is 2.55 bits per heavy atom. The molecule has 0 aliphatic carbocycles. The van der Waals surface area contributed by atoms with E-state index in [4.69, 9.17) is 5.26 Å². The second kappa shape index (κ2) is 6.60. The molecule has 0 radical (unpaired) electrons. The van der Waals surface area contributed by atoms with Crippen molar-refractivity contribution in [1.82, 2.24) is 19.5 Å². The molecule has 154 valence electrons. The molecule has 0 aliphatic heterocycles. The average Bonchev–Trinajstić information content (AvgIpc) is 2.96. The molecule has 0 amide bonds. The predicted octanol–water partition coefficient (Wildman–Crippen LogP) is 3.42. The monoisotopic (exact) mass is 425 g/mol. The van der Waals surface area contributed by atoms with Gasteiger partial charge in [0, 0.05) is 25.3 Å². The maximum atomic E-state index is 13.2. The van der Waals surface area contributed by atoms with E-state index in [-0.39, 0.29) is 23.7 Å². The van der Waals surface area contributed by atoms with E-state index in [0.29, 0.717) is 29.0 Å². The van der Waals surface area contributed by atoms with Crippen LogP contribution in [0.3, 0.4) is 0 Å². The second-order valence-electron chi connectivity index (χ2n) is 6.83. The molecule has 29 heavy (non-hydrogen) atoms. The van der Waals surface area contributed by atoms with Crippen molar-refractivity contribution in [1.29, 1.82) is 5.26 Å². The van der Waals surface area contributed by atoms with Gasteiger partial charge in [0.05, 0.1) is 45.9 Å². The molecule has 0 spiro atoms. The number of nitrogens with zero attached hydrogens (tertiary/aromatic N) is 5. The Bertz CT molecular complexity index is 1220. The molecule has 0 aromatic carbocycles. The van der Waals surface area contributed by atoms with Gasteiger partial charge >= 0.3 is 6.18 Å². The van der Waals surface area contributed by atoms with E-state index < -0.39 is 26.0 Å². The minimum atomic E-state index is -4.72. The SMILES string of the molecule is CCS(C)(=O)(O)c1cc(C(F)(F)F)cnc1-c1nc2cc(CC#N)ncc2n1C. The highest BCUT2D eigenvalue weighted by Crippen LogP contribution is 2.40. The quantitative estimate of drug-likeness (QED) is 0.687. The number of halogens is 3. The van der Waals surface area contributed by atoms with Crippen LogP contribution < -0.4 is 0 Å². The number of hydrogen-bond acceptors (Lipinski definition) is 5. The minimum Gasteiger partial charge on any atom is -0.324 e. The molecule has 1 N–H and O–H groups in total. The summed E-state index contributed by atoms with van der Waals surface area (Å²) in [6.45, 7) is 1.42.